The maximum atomic E-state index is 14.1. The zero-order valence-corrected chi connectivity index (χ0v) is 22.3. The fourth-order valence-corrected chi connectivity index (χ4v) is 4.79. The summed E-state index contributed by atoms with van der Waals surface area (Å²) < 4.78 is 16.8. The Morgan fingerprint density at radius 1 is 0.947 bits per heavy atom. The molecule has 1 N–H and O–H groups in total. The van der Waals surface area contributed by atoms with Gasteiger partial charge in [-0.25, -0.2) is 0 Å². The van der Waals surface area contributed by atoms with Gasteiger partial charge in [-0.2, -0.15) is 0 Å². The van der Waals surface area contributed by atoms with Crippen molar-refractivity contribution < 1.29 is 23.8 Å². The number of rotatable bonds is 11. The van der Waals surface area contributed by atoms with Crippen molar-refractivity contribution in [3.8, 4) is 11.5 Å². The summed E-state index contributed by atoms with van der Waals surface area (Å²) >= 11 is 0. The minimum atomic E-state index is -0.843. The molecule has 2 amide bonds. The first kappa shape index (κ1) is 27.2. The van der Waals surface area contributed by atoms with E-state index in [1.807, 2.05) is 79.7 Å². The van der Waals surface area contributed by atoms with Crippen molar-refractivity contribution in [3.63, 3.8) is 0 Å². The standard InChI is InChI=1S/C31H36N2O5/c1-22-14-16-23(17-15-22)30(31(35)32-20-26-11-8-18-38-26)33(21-25-10-5-7-13-28(25)37-3)29(34)19-24-9-4-6-12-27(24)36-2/h4-7,9-10,12-17,26,30H,8,11,18-21H2,1-3H3,(H,32,35). The first-order chi connectivity index (χ1) is 18.5. The first-order valence-electron chi connectivity index (χ1n) is 13.0. The van der Waals surface area contributed by atoms with Gasteiger partial charge in [0.15, 0.2) is 0 Å². The number of hydrogen-bond donors (Lipinski definition) is 1. The van der Waals surface area contributed by atoms with E-state index in [1.54, 1.807) is 19.1 Å². The van der Waals surface area contributed by atoms with Gasteiger partial charge in [-0.1, -0.05) is 66.2 Å². The number of para-hydroxylation sites is 2. The molecule has 3 aromatic carbocycles. The van der Waals surface area contributed by atoms with Gasteiger partial charge in [-0.3, -0.25) is 9.59 Å². The summed E-state index contributed by atoms with van der Waals surface area (Å²) in [5.41, 5.74) is 3.38. The number of methoxy groups -OCH3 is 2. The molecule has 7 nitrogen and oxygen atoms in total. The Hall–Kier alpha value is -3.84. The van der Waals surface area contributed by atoms with Crippen LogP contribution < -0.4 is 14.8 Å². The van der Waals surface area contributed by atoms with E-state index in [-0.39, 0.29) is 30.9 Å². The second-order valence-electron chi connectivity index (χ2n) is 9.52. The maximum Gasteiger partial charge on any atom is 0.247 e. The molecule has 7 heteroatoms. The van der Waals surface area contributed by atoms with Gasteiger partial charge in [0.2, 0.25) is 11.8 Å². The Labute approximate surface area is 224 Å². The molecule has 2 unspecified atom stereocenters. The highest BCUT2D eigenvalue weighted by Gasteiger charge is 2.33. The van der Waals surface area contributed by atoms with Gasteiger partial charge in [0.1, 0.15) is 17.5 Å². The van der Waals surface area contributed by atoms with E-state index in [0.29, 0.717) is 24.7 Å². The summed E-state index contributed by atoms with van der Waals surface area (Å²) in [4.78, 5) is 29.5. The number of ether oxygens (including phenoxy) is 3. The SMILES string of the molecule is COc1ccccc1CC(=O)N(Cc1ccccc1OC)C(C(=O)NCC1CCCO1)c1ccc(C)cc1. The average molecular weight is 517 g/mol. The van der Waals surface area contributed by atoms with Gasteiger partial charge in [0.05, 0.1) is 33.3 Å². The molecule has 1 saturated heterocycles. The van der Waals surface area contributed by atoms with Gasteiger partial charge in [-0.15, -0.1) is 0 Å². The Morgan fingerprint density at radius 2 is 1.58 bits per heavy atom. The average Bonchev–Trinajstić information content (AvgIpc) is 3.47. The van der Waals surface area contributed by atoms with Crippen LogP contribution in [0.1, 0.15) is 41.1 Å². The Morgan fingerprint density at radius 3 is 2.21 bits per heavy atom. The molecule has 0 aromatic heterocycles. The van der Waals surface area contributed by atoms with Gasteiger partial charge >= 0.3 is 0 Å². The quantitative estimate of drug-likeness (QED) is 0.403. The van der Waals surface area contributed by atoms with Crippen molar-refractivity contribution in [2.24, 2.45) is 0 Å². The lowest BCUT2D eigenvalue weighted by Gasteiger charge is -2.32. The third kappa shape index (κ3) is 6.72. The molecule has 1 heterocycles. The first-order valence-corrected chi connectivity index (χ1v) is 13.0. The van der Waals surface area contributed by atoms with Gasteiger partial charge in [-0.05, 0) is 37.5 Å². The molecular formula is C31H36N2O5. The van der Waals surface area contributed by atoms with E-state index in [4.69, 9.17) is 14.2 Å². The number of nitrogens with zero attached hydrogens (tertiary/aromatic N) is 1. The molecule has 0 spiro atoms. The van der Waals surface area contributed by atoms with Gasteiger partial charge < -0.3 is 24.4 Å². The van der Waals surface area contributed by atoms with Crippen LogP contribution in [0, 0.1) is 6.92 Å². The topological polar surface area (TPSA) is 77.1 Å². The summed E-state index contributed by atoms with van der Waals surface area (Å²) in [6.45, 7) is 3.31. The third-order valence-electron chi connectivity index (χ3n) is 6.87. The van der Waals surface area contributed by atoms with Crippen molar-refractivity contribution >= 4 is 11.8 Å². The van der Waals surface area contributed by atoms with Crippen LogP contribution in [0.2, 0.25) is 0 Å². The van der Waals surface area contributed by atoms with Crippen molar-refractivity contribution in [1.82, 2.24) is 10.2 Å². The van der Waals surface area contributed by atoms with Crippen LogP contribution in [-0.2, 0) is 27.3 Å². The fourth-order valence-electron chi connectivity index (χ4n) is 4.79. The van der Waals surface area contributed by atoms with Crippen LogP contribution in [0.5, 0.6) is 11.5 Å². The molecule has 200 valence electrons. The number of amides is 2. The molecule has 1 aliphatic heterocycles. The molecule has 4 rings (SSSR count). The van der Waals surface area contributed by atoms with Crippen molar-refractivity contribution in [2.45, 2.75) is 44.9 Å². The number of carbonyl (C=O) groups is 2. The van der Waals surface area contributed by atoms with Crippen LogP contribution in [0.4, 0.5) is 0 Å². The van der Waals surface area contributed by atoms with E-state index in [1.165, 1.54) is 0 Å². The highest BCUT2D eigenvalue weighted by Crippen LogP contribution is 2.29. The second-order valence-corrected chi connectivity index (χ2v) is 9.52. The number of aryl methyl sites for hydroxylation is 1. The number of hydrogen-bond acceptors (Lipinski definition) is 5. The predicted molar refractivity (Wildman–Crippen MR) is 146 cm³/mol. The van der Waals surface area contributed by atoms with Crippen LogP contribution in [0.3, 0.4) is 0 Å². The lowest BCUT2D eigenvalue weighted by Crippen LogP contribution is -2.45. The maximum absolute atomic E-state index is 14.1. The molecule has 0 aliphatic carbocycles. The molecule has 0 bridgehead atoms. The smallest absolute Gasteiger partial charge is 0.247 e. The predicted octanol–water partition coefficient (Wildman–Crippen LogP) is 4.62. The Kier molecular flexibility index (Phi) is 9.38. The van der Waals surface area contributed by atoms with Crippen molar-refractivity contribution in [2.75, 3.05) is 27.4 Å². The molecule has 2 atom stereocenters. The van der Waals surface area contributed by atoms with Crippen LogP contribution in [-0.4, -0.2) is 50.2 Å². The highest BCUT2D eigenvalue weighted by atomic mass is 16.5. The molecule has 1 aliphatic rings. The second kappa shape index (κ2) is 13.1. The fraction of sp³-hybridized carbons (Fsp3) is 0.355. The monoisotopic (exact) mass is 516 g/mol. The minimum Gasteiger partial charge on any atom is -0.496 e. The molecule has 0 saturated carbocycles. The van der Waals surface area contributed by atoms with Crippen molar-refractivity contribution in [1.29, 1.82) is 0 Å². The lowest BCUT2D eigenvalue weighted by atomic mass is 10.00. The highest BCUT2D eigenvalue weighted by molar-refractivity contribution is 5.89. The normalized spacial score (nSPS) is 15.5. The summed E-state index contributed by atoms with van der Waals surface area (Å²) in [5, 5.41) is 3.06. The number of nitrogens with one attached hydrogen (secondary N) is 1. The largest absolute Gasteiger partial charge is 0.496 e. The minimum absolute atomic E-state index is 0.00966. The van der Waals surface area contributed by atoms with Crippen LogP contribution >= 0.6 is 0 Å². The van der Waals surface area contributed by atoms with E-state index >= 15 is 0 Å². The van der Waals surface area contributed by atoms with Gasteiger partial charge in [0.25, 0.3) is 0 Å². The molecule has 0 radical (unpaired) electrons. The van der Waals surface area contributed by atoms with Gasteiger partial charge in [0, 0.05) is 24.3 Å². The van der Waals surface area contributed by atoms with Crippen LogP contribution in [0.15, 0.2) is 72.8 Å². The van der Waals surface area contributed by atoms with E-state index < -0.39 is 6.04 Å². The Bertz CT molecular complexity index is 1220. The van der Waals surface area contributed by atoms with Crippen LogP contribution in [0.25, 0.3) is 0 Å². The third-order valence-corrected chi connectivity index (χ3v) is 6.87. The van der Waals surface area contributed by atoms with E-state index in [9.17, 15) is 9.59 Å². The summed E-state index contributed by atoms with van der Waals surface area (Å²) in [6, 6.07) is 21.9. The molecular weight excluding hydrogens is 480 g/mol. The lowest BCUT2D eigenvalue weighted by molar-refractivity contribution is -0.141. The molecule has 1 fully saturated rings. The molecule has 3 aromatic rings. The zero-order valence-electron chi connectivity index (χ0n) is 22.3. The Balaban J connectivity index is 1.72. The molecule has 38 heavy (non-hydrogen) atoms. The van der Waals surface area contributed by atoms with Crippen molar-refractivity contribution in [3.05, 3.63) is 95.1 Å². The van der Waals surface area contributed by atoms with E-state index in [2.05, 4.69) is 5.32 Å². The number of carbonyl (C=O) groups excluding carboxylic acids is 2. The summed E-state index contributed by atoms with van der Waals surface area (Å²) in [5.74, 6) is 0.851. The number of benzene rings is 3. The van der Waals surface area contributed by atoms with E-state index in [0.717, 1.165) is 35.1 Å². The summed E-state index contributed by atoms with van der Waals surface area (Å²) in [6.07, 6.45) is 1.97. The zero-order chi connectivity index (χ0) is 26.9. The summed E-state index contributed by atoms with van der Waals surface area (Å²) in [7, 11) is 3.19.